The van der Waals surface area contributed by atoms with E-state index in [1.54, 1.807) is 12.7 Å². The third-order valence-corrected chi connectivity index (χ3v) is 6.57. The number of aryl methyl sites for hydroxylation is 3. The van der Waals surface area contributed by atoms with Crippen molar-refractivity contribution in [2.75, 3.05) is 4.90 Å². The van der Waals surface area contributed by atoms with Crippen LogP contribution in [0.3, 0.4) is 0 Å². The SMILES string of the molecule is Cc1ccc(N2C(=S)NC(c3ccccn3)C2c2cc(C)n(-n3cnnc3)c2C)cc1C. The maximum Gasteiger partial charge on any atom is 0.174 e. The van der Waals surface area contributed by atoms with Gasteiger partial charge in [-0.15, -0.1) is 10.2 Å². The molecule has 1 N–H and O–H groups in total. The Kier molecular flexibility index (Phi) is 5.01. The van der Waals surface area contributed by atoms with Crippen molar-refractivity contribution in [1.29, 1.82) is 0 Å². The lowest BCUT2D eigenvalue weighted by molar-refractivity contribution is 0.557. The molecule has 1 fully saturated rings. The maximum absolute atomic E-state index is 5.87. The number of pyridine rings is 1. The highest BCUT2D eigenvalue weighted by Crippen LogP contribution is 2.43. The van der Waals surface area contributed by atoms with Crippen LogP contribution in [0.15, 0.2) is 61.3 Å². The number of thiocarbonyl (C=S) groups is 1. The van der Waals surface area contributed by atoms with Crippen molar-refractivity contribution in [3.8, 4) is 0 Å². The molecule has 3 aromatic heterocycles. The summed E-state index contributed by atoms with van der Waals surface area (Å²) in [5.74, 6) is 0. The van der Waals surface area contributed by atoms with Gasteiger partial charge in [-0.2, -0.15) is 0 Å². The number of hydrogen-bond acceptors (Lipinski definition) is 4. The van der Waals surface area contributed by atoms with Gasteiger partial charge in [0.2, 0.25) is 0 Å². The van der Waals surface area contributed by atoms with E-state index in [9.17, 15) is 0 Å². The minimum Gasteiger partial charge on any atom is -0.351 e. The minimum absolute atomic E-state index is 0.0593. The van der Waals surface area contributed by atoms with Crippen LogP contribution in [0.2, 0.25) is 0 Å². The van der Waals surface area contributed by atoms with Gasteiger partial charge in [-0.1, -0.05) is 12.1 Å². The second kappa shape index (κ2) is 7.87. The summed E-state index contributed by atoms with van der Waals surface area (Å²) in [6.07, 6.45) is 5.24. The number of rotatable bonds is 4. The zero-order valence-corrected chi connectivity index (χ0v) is 19.3. The molecule has 2 atom stereocenters. The molecule has 0 aliphatic carbocycles. The largest absolute Gasteiger partial charge is 0.351 e. The topological polar surface area (TPSA) is 63.8 Å². The molecule has 2 unspecified atom stereocenters. The fraction of sp³-hybridized carbons (Fsp3) is 0.250. The molecule has 1 aromatic carbocycles. The number of aromatic nitrogens is 5. The van der Waals surface area contributed by atoms with E-state index in [-0.39, 0.29) is 12.1 Å². The first kappa shape index (κ1) is 20.4. The summed E-state index contributed by atoms with van der Waals surface area (Å²) >= 11 is 5.87. The average molecular weight is 444 g/mol. The molecule has 32 heavy (non-hydrogen) atoms. The molecule has 4 aromatic rings. The average Bonchev–Trinajstić information content (AvgIpc) is 3.49. The lowest BCUT2D eigenvalue weighted by atomic mass is 9.96. The molecule has 1 aliphatic rings. The first-order valence-corrected chi connectivity index (χ1v) is 11.0. The smallest absolute Gasteiger partial charge is 0.174 e. The van der Waals surface area contributed by atoms with E-state index in [0.717, 1.165) is 22.8 Å². The third-order valence-electron chi connectivity index (χ3n) is 6.26. The van der Waals surface area contributed by atoms with E-state index in [1.807, 2.05) is 23.0 Å². The van der Waals surface area contributed by atoms with Gasteiger partial charge in [-0.3, -0.25) is 9.66 Å². The molecule has 1 aliphatic heterocycles. The van der Waals surface area contributed by atoms with Gasteiger partial charge in [0.25, 0.3) is 0 Å². The first-order chi connectivity index (χ1) is 15.5. The Hall–Kier alpha value is -3.52. The second-order valence-corrected chi connectivity index (χ2v) is 8.63. The predicted octanol–water partition coefficient (Wildman–Crippen LogP) is 4.20. The molecule has 0 radical (unpaired) electrons. The quantitative estimate of drug-likeness (QED) is 0.477. The molecule has 0 amide bonds. The number of hydrogen-bond donors (Lipinski definition) is 1. The summed E-state index contributed by atoms with van der Waals surface area (Å²) < 4.78 is 4.01. The fourth-order valence-electron chi connectivity index (χ4n) is 4.56. The van der Waals surface area contributed by atoms with Crippen molar-refractivity contribution >= 4 is 23.0 Å². The van der Waals surface area contributed by atoms with Crippen molar-refractivity contribution < 1.29 is 0 Å². The summed E-state index contributed by atoms with van der Waals surface area (Å²) in [5, 5.41) is 12.2. The highest BCUT2D eigenvalue weighted by atomic mass is 32.1. The van der Waals surface area contributed by atoms with Crippen molar-refractivity contribution in [1.82, 2.24) is 29.9 Å². The van der Waals surface area contributed by atoms with Crippen molar-refractivity contribution in [2.24, 2.45) is 0 Å². The van der Waals surface area contributed by atoms with Crippen LogP contribution in [0.4, 0.5) is 5.69 Å². The molecule has 0 saturated carbocycles. The van der Waals surface area contributed by atoms with Crippen LogP contribution in [0.1, 0.15) is 45.9 Å². The van der Waals surface area contributed by atoms with Crippen LogP contribution in [-0.4, -0.2) is 29.6 Å². The van der Waals surface area contributed by atoms with Crippen LogP contribution < -0.4 is 10.2 Å². The van der Waals surface area contributed by atoms with E-state index >= 15 is 0 Å². The van der Waals surface area contributed by atoms with Gasteiger partial charge in [0.1, 0.15) is 12.7 Å². The Balaban J connectivity index is 1.69. The molecule has 7 nitrogen and oxygen atoms in total. The number of nitrogens with zero attached hydrogens (tertiary/aromatic N) is 6. The molecule has 5 rings (SSSR count). The highest BCUT2D eigenvalue weighted by Gasteiger charge is 2.42. The number of benzene rings is 1. The molecule has 162 valence electrons. The van der Waals surface area contributed by atoms with E-state index in [0.29, 0.717) is 5.11 Å². The summed E-state index contributed by atoms with van der Waals surface area (Å²) in [6, 6.07) is 14.6. The van der Waals surface area contributed by atoms with E-state index in [2.05, 4.69) is 88.1 Å². The van der Waals surface area contributed by atoms with Gasteiger partial charge in [0.05, 0.1) is 17.8 Å². The zero-order chi connectivity index (χ0) is 22.4. The fourth-order valence-corrected chi connectivity index (χ4v) is 4.90. The lowest BCUT2D eigenvalue weighted by Gasteiger charge is -2.28. The van der Waals surface area contributed by atoms with Gasteiger partial charge in [-0.25, -0.2) is 4.68 Å². The first-order valence-electron chi connectivity index (χ1n) is 10.6. The molecular formula is C24H25N7S. The number of anilines is 1. The highest BCUT2D eigenvalue weighted by molar-refractivity contribution is 7.80. The van der Waals surface area contributed by atoms with Crippen LogP contribution in [-0.2, 0) is 0 Å². The van der Waals surface area contributed by atoms with Crippen LogP contribution >= 0.6 is 12.2 Å². The van der Waals surface area contributed by atoms with Crippen LogP contribution in [0.5, 0.6) is 0 Å². The molecule has 8 heteroatoms. The Morgan fingerprint density at radius 2 is 1.72 bits per heavy atom. The van der Waals surface area contributed by atoms with Crippen molar-refractivity contribution in [3.63, 3.8) is 0 Å². The summed E-state index contributed by atoms with van der Waals surface area (Å²) in [7, 11) is 0. The maximum atomic E-state index is 5.87. The summed E-state index contributed by atoms with van der Waals surface area (Å²) in [6.45, 7) is 8.47. The Morgan fingerprint density at radius 3 is 2.41 bits per heavy atom. The van der Waals surface area contributed by atoms with Crippen LogP contribution in [0, 0.1) is 27.7 Å². The Morgan fingerprint density at radius 1 is 0.938 bits per heavy atom. The lowest BCUT2D eigenvalue weighted by Crippen LogP contribution is -2.29. The van der Waals surface area contributed by atoms with Gasteiger partial charge in [-0.05, 0) is 81.4 Å². The Bertz CT molecular complexity index is 1280. The van der Waals surface area contributed by atoms with Gasteiger partial charge in [0.15, 0.2) is 5.11 Å². The summed E-state index contributed by atoms with van der Waals surface area (Å²) in [5.41, 5.74) is 7.90. The molecule has 0 spiro atoms. The van der Waals surface area contributed by atoms with E-state index in [4.69, 9.17) is 12.2 Å². The van der Waals surface area contributed by atoms with Crippen molar-refractivity contribution in [3.05, 3.63) is 95.1 Å². The van der Waals surface area contributed by atoms with E-state index < -0.39 is 0 Å². The monoisotopic (exact) mass is 443 g/mol. The Labute approximate surface area is 192 Å². The summed E-state index contributed by atoms with van der Waals surface area (Å²) in [4.78, 5) is 6.88. The third kappa shape index (κ3) is 3.27. The number of nitrogens with one attached hydrogen (secondary N) is 1. The second-order valence-electron chi connectivity index (χ2n) is 8.25. The van der Waals surface area contributed by atoms with Gasteiger partial charge >= 0.3 is 0 Å². The standard InChI is InChI=1S/C24H25N7S/c1-15-8-9-19(11-16(15)2)30-23(22(28-24(30)32)21-7-5-6-10-25-21)20-12-17(3)31(18(20)4)29-13-26-27-14-29/h5-14,22-23H,1-4H3,(H,28,32). The van der Waals surface area contributed by atoms with Crippen molar-refractivity contribution in [2.45, 2.75) is 39.8 Å². The van der Waals surface area contributed by atoms with Crippen LogP contribution in [0.25, 0.3) is 0 Å². The molecule has 0 bridgehead atoms. The van der Waals surface area contributed by atoms with Gasteiger partial charge in [0, 0.05) is 28.8 Å². The minimum atomic E-state index is -0.0832. The van der Waals surface area contributed by atoms with E-state index in [1.165, 1.54) is 16.7 Å². The molecule has 4 heterocycles. The predicted molar refractivity (Wildman–Crippen MR) is 129 cm³/mol. The normalized spacial score (nSPS) is 18.2. The zero-order valence-electron chi connectivity index (χ0n) is 18.5. The molecule has 1 saturated heterocycles. The van der Waals surface area contributed by atoms with Gasteiger partial charge < -0.3 is 10.2 Å². The molecular weight excluding hydrogens is 418 g/mol.